The van der Waals surface area contributed by atoms with Crippen molar-refractivity contribution in [3.05, 3.63) is 10.5 Å². The van der Waals surface area contributed by atoms with Gasteiger partial charge in [-0.1, -0.05) is 12.8 Å². The highest BCUT2D eigenvalue weighted by Gasteiger charge is 2.52. The predicted octanol–water partition coefficient (Wildman–Crippen LogP) is 3.45. The van der Waals surface area contributed by atoms with Crippen LogP contribution >= 0.6 is 11.8 Å². The number of carbonyl (C=O) groups excluding carboxylic acids is 1. The Bertz CT molecular complexity index is 436. The zero-order valence-corrected chi connectivity index (χ0v) is 10.4. The third kappa shape index (κ3) is 2.28. The monoisotopic (exact) mass is 275 g/mol. The highest BCUT2D eigenvalue weighted by Crippen LogP contribution is 2.55. The molecule has 0 aliphatic heterocycles. The Balaban J connectivity index is 2.26. The molecular formula is C12H12F3NOS. The number of nitriles is 1. The Morgan fingerprint density at radius 1 is 1.33 bits per heavy atom. The fourth-order valence-corrected chi connectivity index (χ4v) is 3.92. The molecule has 0 aromatic carbocycles. The highest BCUT2D eigenvalue weighted by atomic mass is 32.2. The lowest BCUT2D eigenvalue weighted by Crippen LogP contribution is -2.41. The summed E-state index contributed by atoms with van der Waals surface area (Å²) in [7, 11) is 0. The van der Waals surface area contributed by atoms with Gasteiger partial charge in [0, 0.05) is 5.57 Å². The van der Waals surface area contributed by atoms with Crippen LogP contribution in [-0.2, 0) is 4.79 Å². The van der Waals surface area contributed by atoms with Crippen molar-refractivity contribution >= 4 is 17.5 Å². The molecule has 0 spiro atoms. The molecule has 2 unspecified atom stereocenters. The van der Waals surface area contributed by atoms with Crippen LogP contribution in [0.15, 0.2) is 10.5 Å². The number of carbonyl (C=O) groups is 1. The molecule has 18 heavy (non-hydrogen) atoms. The molecule has 0 amide bonds. The summed E-state index contributed by atoms with van der Waals surface area (Å²) in [6.45, 7) is 0. The fourth-order valence-electron chi connectivity index (χ4n) is 2.80. The summed E-state index contributed by atoms with van der Waals surface area (Å²) in [4.78, 5) is 11.9. The van der Waals surface area contributed by atoms with Crippen LogP contribution in [0.25, 0.3) is 0 Å². The standard InChI is InChI=1S/C12H12F3NOS/c13-12(14,15)11(17)9-7-3-1-2-4-8(7)10(9)18-6-5-16/h7-8H,1-4,6H2. The van der Waals surface area contributed by atoms with Crippen molar-refractivity contribution in [2.75, 3.05) is 5.75 Å². The highest BCUT2D eigenvalue weighted by molar-refractivity contribution is 8.03. The molecule has 2 aliphatic carbocycles. The van der Waals surface area contributed by atoms with E-state index in [9.17, 15) is 18.0 Å². The zero-order chi connectivity index (χ0) is 13.3. The fraction of sp³-hybridized carbons (Fsp3) is 0.667. The summed E-state index contributed by atoms with van der Waals surface area (Å²) in [5.41, 5.74) is -0.0625. The van der Waals surface area contributed by atoms with Crippen molar-refractivity contribution in [2.45, 2.75) is 31.9 Å². The Labute approximate surface area is 107 Å². The number of alkyl halides is 3. The lowest BCUT2D eigenvalue weighted by Gasteiger charge is -2.44. The van der Waals surface area contributed by atoms with E-state index in [1.54, 1.807) is 0 Å². The number of hydrogen-bond acceptors (Lipinski definition) is 3. The first kappa shape index (κ1) is 13.5. The van der Waals surface area contributed by atoms with Gasteiger partial charge in [0.25, 0.3) is 5.78 Å². The van der Waals surface area contributed by atoms with Crippen molar-refractivity contribution in [3.63, 3.8) is 0 Å². The van der Waals surface area contributed by atoms with Crippen molar-refractivity contribution in [1.29, 1.82) is 5.26 Å². The molecule has 0 heterocycles. The zero-order valence-electron chi connectivity index (χ0n) is 9.59. The Morgan fingerprint density at radius 3 is 2.50 bits per heavy atom. The minimum absolute atomic E-state index is 0.0625. The van der Waals surface area contributed by atoms with E-state index in [0.717, 1.165) is 31.0 Å². The van der Waals surface area contributed by atoms with Crippen LogP contribution in [-0.4, -0.2) is 17.7 Å². The van der Waals surface area contributed by atoms with Gasteiger partial charge in [0.1, 0.15) is 0 Å². The van der Waals surface area contributed by atoms with Gasteiger partial charge < -0.3 is 0 Å². The van der Waals surface area contributed by atoms with E-state index in [1.165, 1.54) is 0 Å². The maximum absolute atomic E-state index is 12.5. The van der Waals surface area contributed by atoms with Crippen molar-refractivity contribution in [1.82, 2.24) is 0 Å². The molecular weight excluding hydrogens is 263 g/mol. The first-order valence-electron chi connectivity index (χ1n) is 5.82. The average molecular weight is 275 g/mol. The van der Waals surface area contributed by atoms with Gasteiger partial charge in [-0.15, -0.1) is 11.8 Å². The second kappa shape index (κ2) is 4.96. The van der Waals surface area contributed by atoms with Crippen LogP contribution in [0.1, 0.15) is 25.7 Å². The van der Waals surface area contributed by atoms with Crippen molar-refractivity contribution < 1.29 is 18.0 Å². The van der Waals surface area contributed by atoms with Gasteiger partial charge in [-0.3, -0.25) is 4.79 Å². The smallest absolute Gasteiger partial charge is 0.284 e. The summed E-state index contributed by atoms with van der Waals surface area (Å²) in [6, 6.07) is 1.90. The largest absolute Gasteiger partial charge is 0.454 e. The Kier molecular flexibility index (Phi) is 3.71. The van der Waals surface area contributed by atoms with Gasteiger partial charge in [-0.2, -0.15) is 18.4 Å². The predicted molar refractivity (Wildman–Crippen MR) is 61.6 cm³/mol. The molecule has 0 N–H and O–H groups in total. The van der Waals surface area contributed by atoms with Crippen LogP contribution in [0.4, 0.5) is 13.2 Å². The number of Topliss-reactive ketones (excluding diaryl/α,β-unsaturated/α-hetero) is 1. The number of thioether (sulfide) groups is 1. The molecule has 98 valence electrons. The van der Waals surface area contributed by atoms with Crippen LogP contribution in [0.3, 0.4) is 0 Å². The minimum Gasteiger partial charge on any atom is -0.284 e. The van der Waals surface area contributed by atoms with Gasteiger partial charge in [0.15, 0.2) is 0 Å². The number of allylic oxidation sites excluding steroid dienone is 2. The molecule has 2 rings (SSSR count). The van der Waals surface area contributed by atoms with E-state index in [-0.39, 0.29) is 23.2 Å². The number of nitrogens with zero attached hydrogens (tertiary/aromatic N) is 1. The van der Waals surface area contributed by atoms with Gasteiger partial charge in [-0.25, -0.2) is 0 Å². The van der Waals surface area contributed by atoms with Gasteiger partial charge in [-0.05, 0) is 29.6 Å². The normalized spacial score (nSPS) is 27.2. The van der Waals surface area contributed by atoms with Crippen LogP contribution in [0.2, 0.25) is 0 Å². The van der Waals surface area contributed by atoms with Crippen molar-refractivity contribution in [2.24, 2.45) is 11.8 Å². The van der Waals surface area contributed by atoms with Crippen molar-refractivity contribution in [3.8, 4) is 6.07 Å². The van der Waals surface area contributed by atoms with E-state index in [0.29, 0.717) is 11.3 Å². The third-order valence-electron chi connectivity index (χ3n) is 3.53. The molecule has 0 bridgehead atoms. The Hall–Kier alpha value is -0.960. The van der Waals surface area contributed by atoms with Gasteiger partial charge in [0.05, 0.1) is 11.8 Å². The SMILES string of the molecule is N#CCSC1=C(C(=O)C(F)(F)F)C2CCCCC12. The van der Waals surface area contributed by atoms with Crippen LogP contribution in [0.5, 0.6) is 0 Å². The lowest BCUT2D eigenvalue weighted by molar-refractivity contribution is -0.168. The number of fused-ring (bicyclic) bond motifs is 1. The molecule has 1 saturated carbocycles. The summed E-state index contributed by atoms with van der Waals surface area (Å²) in [5.74, 6) is -1.74. The quantitative estimate of drug-likeness (QED) is 0.792. The number of ketones is 1. The molecule has 2 aliphatic rings. The van der Waals surface area contributed by atoms with Crippen LogP contribution in [0, 0.1) is 23.2 Å². The number of halogens is 3. The van der Waals surface area contributed by atoms with E-state index in [4.69, 9.17) is 5.26 Å². The maximum atomic E-state index is 12.5. The average Bonchev–Trinajstić information content (AvgIpc) is 2.29. The van der Waals surface area contributed by atoms with Gasteiger partial charge in [0.2, 0.25) is 0 Å². The van der Waals surface area contributed by atoms with Gasteiger partial charge >= 0.3 is 6.18 Å². The molecule has 0 saturated heterocycles. The minimum atomic E-state index is -4.80. The number of hydrogen-bond donors (Lipinski definition) is 0. The lowest BCUT2D eigenvalue weighted by atomic mass is 9.65. The second-order valence-corrected chi connectivity index (χ2v) is 5.57. The Morgan fingerprint density at radius 2 is 1.94 bits per heavy atom. The third-order valence-corrected chi connectivity index (χ3v) is 4.64. The molecule has 0 aromatic heterocycles. The van der Waals surface area contributed by atoms with E-state index < -0.39 is 12.0 Å². The molecule has 1 fully saturated rings. The molecule has 2 atom stereocenters. The summed E-state index contributed by atoms with van der Waals surface area (Å²) < 4.78 is 37.6. The van der Waals surface area contributed by atoms with E-state index in [2.05, 4.69) is 0 Å². The topological polar surface area (TPSA) is 40.9 Å². The first-order chi connectivity index (χ1) is 8.46. The van der Waals surface area contributed by atoms with E-state index >= 15 is 0 Å². The van der Waals surface area contributed by atoms with E-state index in [1.807, 2.05) is 6.07 Å². The van der Waals surface area contributed by atoms with Crippen LogP contribution < -0.4 is 0 Å². The molecule has 6 heteroatoms. The maximum Gasteiger partial charge on any atom is 0.454 e. The second-order valence-electron chi connectivity index (χ2n) is 4.55. The summed E-state index contributed by atoms with van der Waals surface area (Å²) in [6.07, 6.45) is -1.42. The summed E-state index contributed by atoms with van der Waals surface area (Å²) in [5, 5.41) is 8.51. The summed E-state index contributed by atoms with van der Waals surface area (Å²) >= 11 is 1.10. The molecule has 0 radical (unpaired) electrons. The molecule has 0 aromatic rings. The molecule has 2 nitrogen and oxygen atoms in total. The number of rotatable bonds is 3. The first-order valence-corrected chi connectivity index (χ1v) is 6.80.